The van der Waals surface area contributed by atoms with Crippen molar-refractivity contribution in [3.05, 3.63) is 17.0 Å². The molecule has 0 saturated carbocycles. The SMILES string of the molecule is CCc1nn(C)c(CC)c1CC(=O)N1CC(C(=O)O)CCC1C. The summed E-state index contributed by atoms with van der Waals surface area (Å²) in [7, 11) is 1.91. The molecule has 2 atom stereocenters. The van der Waals surface area contributed by atoms with E-state index in [0.29, 0.717) is 19.4 Å². The summed E-state index contributed by atoms with van der Waals surface area (Å²) in [6, 6.07) is 0.102. The molecule has 1 aliphatic rings. The second kappa shape index (κ2) is 7.15. The molecule has 1 fully saturated rings. The first-order valence-corrected chi connectivity index (χ1v) is 8.44. The van der Waals surface area contributed by atoms with Crippen molar-refractivity contribution in [2.24, 2.45) is 13.0 Å². The number of hydrogen-bond donors (Lipinski definition) is 1. The molecule has 1 aromatic rings. The van der Waals surface area contributed by atoms with E-state index in [4.69, 9.17) is 0 Å². The fourth-order valence-corrected chi connectivity index (χ4v) is 3.50. The Morgan fingerprint density at radius 3 is 2.52 bits per heavy atom. The third-order valence-electron chi connectivity index (χ3n) is 4.91. The van der Waals surface area contributed by atoms with Crippen LogP contribution >= 0.6 is 0 Å². The number of hydrogen-bond acceptors (Lipinski definition) is 3. The number of amides is 1. The maximum atomic E-state index is 12.8. The molecule has 0 aromatic carbocycles. The van der Waals surface area contributed by atoms with Crippen LogP contribution in [0.25, 0.3) is 0 Å². The van der Waals surface area contributed by atoms with Crippen LogP contribution in [0.2, 0.25) is 0 Å². The van der Waals surface area contributed by atoms with E-state index in [2.05, 4.69) is 12.0 Å². The van der Waals surface area contributed by atoms with Crippen molar-refractivity contribution in [1.82, 2.24) is 14.7 Å². The number of rotatable bonds is 5. The minimum Gasteiger partial charge on any atom is -0.481 e. The Kier molecular flexibility index (Phi) is 5.44. The molecule has 2 rings (SSSR count). The number of nitrogens with zero attached hydrogens (tertiary/aromatic N) is 3. The Balaban J connectivity index is 2.19. The number of carboxylic acid groups (broad SMARTS) is 1. The predicted molar refractivity (Wildman–Crippen MR) is 87.2 cm³/mol. The van der Waals surface area contributed by atoms with Gasteiger partial charge in [-0.3, -0.25) is 14.3 Å². The minimum atomic E-state index is -0.806. The number of carboxylic acids is 1. The Morgan fingerprint density at radius 1 is 1.26 bits per heavy atom. The van der Waals surface area contributed by atoms with Crippen molar-refractivity contribution in [2.45, 2.75) is 58.9 Å². The molecular formula is C17H27N3O3. The topological polar surface area (TPSA) is 75.4 Å². The molecule has 6 nitrogen and oxygen atoms in total. The third-order valence-corrected chi connectivity index (χ3v) is 4.91. The van der Waals surface area contributed by atoms with Gasteiger partial charge >= 0.3 is 5.97 Å². The summed E-state index contributed by atoms with van der Waals surface area (Å²) < 4.78 is 1.86. The van der Waals surface area contributed by atoms with Gasteiger partial charge in [0.2, 0.25) is 5.91 Å². The van der Waals surface area contributed by atoms with Crippen LogP contribution in [-0.4, -0.2) is 44.3 Å². The number of likely N-dealkylation sites (tertiary alicyclic amines) is 1. The van der Waals surface area contributed by atoms with Gasteiger partial charge in [-0.15, -0.1) is 0 Å². The largest absolute Gasteiger partial charge is 0.481 e. The van der Waals surface area contributed by atoms with E-state index >= 15 is 0 Å². The molecule has 1 aliphatic heterocycles. The van der Waals surface area contributed by atoms with Crippen molar-refractivity contribution >= 4 is 11.9 Å². The van der Waals surface area contributed by atoms with Crippen LogP contribution in [0.3, 0.4) is 0 Å². The lowest BCUT2D eigenvalue weighted by atomic mass is 9.92. The third kappa shape index (κ3) is 3.57. The van der Waals surface area contributed by atoms with Gasteiger partial charge in [0.15, 0.2) is 0 Å². The summed E-state index contributed by atoms with van der Waals surface area (Å²) >= 11 is 0. The van der Waals surface area contributed by atoms with Gasteiger partial charge < -0.3 is 10.0 Å². The van der Waals surface area contributed by atoms with Gasteiger partial charge in [0.1, 0.15) is 0 Å². The maximum absolute atomic E-state index is 12.8. The molecule has 1 saturated heterocycles. The van der Waals surface area contributed by atoms with E-state index < -0.39 is 11.9 Å². The molecule has 1 amide bonds. The summed E-state index contributed by atoms with van der Waals surface area (Å²) in [5.41, 5.74) is 3.08. The number of aliphatic carboxylic acids is 1. The number of carbonyl (C=O) groups is 2. The maximum Gasteiger partial charge on any atom is 0.308 e. The Hall–Kier alpha value is -1.85. The molecule has 23 heavy (non-hydrogen) atoms. The first kappa shape index (κ1) is 17.5. The fraction of sp³-hybridized carbons (Fsp3) is 0.706. The highest BCUT2D eigenvalue weighted by Crippen LogP contribution is 2.24. The van der Waals surface area contributed by atoms with Gasteiger partial charge in [0, 0.05) is 30.9 Å². The summed E-state index contributed by atoms with van der Waals surface area (Å²) in [5.74, 6) is -1.24. The molecule has 0 aliphatic carbocycles. The molecule has 1 N–H and O–H groups in total. The molecule has 0 bridgehead atoms. The second-order valence-electron chi connectivity index (χ2n) is 6.39. The van der Waals surface area contributed by atoms with Crippen LogP contribution in [-0.2, 0) is 35.9 Å². The standard InChI is InChI=1S/C17H27N3O3/c1-5-14-13(15(6-2)19(4)18-14)9-16(21)20-10-12(17(22)23)8-7-11(20)3/h11-12H,5-10H2,1-4H3,(H,22,23). The Labute approximate surface area is 137 Å². The van der Waals surface area contributed by atoms with E-state index in [9.17, 15) is 14.7 Å². The van der Waals surface area contributed by atoms with Crippen molar-refractivity contribution in [3.8, 4) is 0 Å². The van der Waals surface area contributed by atoms with Crippen LogP contribution in [0.1, 0.15) is 50.6 Å². The highest BCUT2D eigenvalue weighted by atomic mass is 16.4. The normalized spacial score (nSPS) is 21.5. The van der Waals surface area contributed by atoms with Crippen molar-refractivity contribution in [3.63, 3.8) is 0 Å². The smallest absolute Gasteiger partial charge is 0.308 e. The lowest BCUT2D eigenvalue weighted by molar-refractivity contribution is -0.147. The zero-order chi connectivity index (χ0) is 17.1. The number of aromatic nitrogens is 2. The second-order valence-corrected chi connectivity index (χ2v) is 6.39. The minimum absolute atomic E-state index is 0.0147. The molecule has 2 heterocycles. The molecule has 0 radical (unpaired) electrons. The van der Waals surface area contributed by atoms with Crippen molar-refractivity contribution in [2.75, 3.05) is 6.54 Å². The zero-order valence-electron chi connectivity index (χ0n) is 14.5. The summed E-state index contributed by atoms with van der Waals surface area (Å²) in [4.78, 5) is 25.8. The monoisotopic (exact) mass is 321 g/mol. The first-order chi connectivity index (χ1) is 10.9. The van der Waals surface area contributed by atoms with Crippen molar-refractivity contribution < 1.29 is 14.7 Å². The molecule has 6 heteroatoms. The van der Waals surface area contributed by atoms with Gasteiger partial charge in [-0.25, -0.2) is 0 Å². The number of aryl methyl sites for hydroxylation is 2. The summed E-state index contributed by atoms with van der Waals surface area (Å²) in [5, 5.41) is 13.7. The average Bonchev–Trinajstić information content (AvgIpc) is 2.82. The zero-order valence-corrected chi connectivity index (χ0v) is 14.5. The number of carbonyl (C=O) groups excluding carboxylic acids is 1. The first-order valence-electron chi connectivity index (χ1n) is 8.44. The van der Waals surface area contributed by atoms with Gasteiger partial charge in [0.25, 0.3) is 0 Å². The van der Waals surface area contributed by atoms with E-state index in [-0.39, 0.29) is 11.9 Å². The molecule has 1 aromatic heterocycles. The van der Waals surface area contributed by atoms with Crippen LogP contribution in [0.5, 0.6) is 0 Å². The molecule has 0 spiro atoms. The van der Waals surface area contributed by atoms with E-state index in [1.54, 1.807) is 4.90 Å². The summed E-state index contributed by atoms with van der Waals surface area (Å²) in [6.45, 7) is 6.42. The predicted octanol–water partition coefficient (Wildman–Crippen LogP) is 1.80. The van der Waals surface area contributed by atoms with Gasteiger partial charge in [-0.05, 0) is 32.6 Å². The molecular weight excluding hydrogens is 294 g/mol. The molecule has 128 valence electrons. The lowest BCUT2D eigenvalue weighted by Gasteiger charge is -2.36. The van der Waals surface area contributed by atoms with Crippen LogP contribution < -0.4 is 0 Å². The van der Waals surface area contributed by atoms with E-state index in [0.717, 1.165) is 36.2 Å². The Morgan fingerprint density at radius 2 is 1.96 bits per heavy atom. The van der Waals surface area contributed by atoms with Gasteiger partial charge in [0.05, 0.1) is 18.0 Å². The van der Waals surface area contributed by atoms with E-state index in [1.165, 1.54) is 0 Å². The van der Waals surface area contributed by atoms with E-state index in [1.807, 2.05) is 25.6 Å². The van der Waals surface area contributed by atoms with Crippen LogP contribution in [0, 0.1) is 5.92 Å². The average molecular weight is 321 g/mol. The highest BCUT2D eigenvalue weighted by Gasteiger charge is 2.33. The van der Waals surface area contributed by atoms with Crippen LogP contribution in [0.15, 0.2) is 0 Å². The van der Waals surface area contributed by atoms with Gasteiger partial charge in [-0.2, -0.15) is 5.10 Å². The highest BCUT2D eigenvalue weighted by molar-refractivity contribution is 5.81. The van der Waals surface area contributed by atoms with Crippen molar-refractivity contribution in [1.29, 1.82) is 0 Å². The lowest BCUT2D eigenvalue weighted by Crippen LogP contribution is -2.48. The quantitative estimate of drug-likeness (QED) is 0.897. The summed E-state index contributed by atoms with van der Waals surface area (Å²) in [6.07, 6.45) is 3.34. The fourth-order valence-electron chi connectivity index (χ4n) is 3.50. The number of piperidine rings is 1. The molecule has 2 unspecified atom stereocenters. The Bertz CT molecular complexity index is 594. The van der Waals surface area contributed by atoms with Gasteiger partial charge in [-0.1, -0.05) is 13.8 Å². The van der Waals surface area contributed by atoms with Crippen LogP contribution in [0.4, 0.5) is 0 Å².